The summed E-state index contributed by atoms with van der Waals surface area (Å²) in [6.07, 6.45) is -3.07. The molecule has 2 aromatic carbocycles. The van der Waals surface area contributed by atoms with Crippen LogP contribution >= 0.6 is 0 Å². The molecule has 0 aliphatic rings. The first-order chi connectivity index (χ1) is 13.4. The van der Waals surface area contributed by atoms with E-state index >= 15 is 0 Å². The van der Waals surface area contributed by atoms with Crippen LogP contribution in [0.5, 0.6) is 0 Å². The molecule has 3 aromatic rings. The summed E-state index contributed by atoms with van der Waals surface area (Å²) in [6, 6.07) is 15.3. The van der Waals surface area contributed by atoms with E-state index in [1.165, 1.54) is 24.4 Å². The van der Waals surface area contributed by atoms with Crippen LogP contribution in [0.2, 0.25) is 0 Å². The second-order valence-corrected chi connectivity index (χ2v) is 5.85. The molecule has 1 amide bonds. The molecule has 3 rings (SSSR count). The molecule has 5 nitrogen and oxygen atoms in total. The molecule has 28 heavy (non-hydrogen) atoms. The van der Waals surface area contributed by atoms with Crippen LogP contribution in [0.15, 0.2) is 66.9 Å². The lowest BCUT2D eigenvalue weighted by Gasteiger charge is -2.20. The number of anilines is 3. The van der Waals surface area contributed by atoms with Gasteiger partial charge in [-0.05, 0) is 43.3 Å². The molecular formula is C20H17F3N4O. The fourth-order valence-corrected chi connectivity index (χ4v) is 2.63. The SMILES string of the molecule is CCN(C(=O)c1ccnc(Nc2cccc(C(F)(F)F)c2)n1)c1ccccc1. The Morgan fingerprint density at radius 1 is 1.07 bits per heavy atom. The van der Waals surface area contributed by atoms with E-state index in [0.717, 1.165) is 17.8 Å². The third-order valence-corrected chi connectivity index (χ3v) is 3.95. The van der Waals surface area contributed by atoms with Gasteiger partial charge in [-0.15, -0.1) is 0 Å². The van der Waals surface area contributed by atoms with Gasteiger partial charge in [0.25, 0.3) is 5.91 Å². The van der Waals surface area contributed by atoms with Gasteiger partial charge in [0.1, 0.15) is 5.69 Å². The van der Waals surface area contributed by atoms with Crippen LogP contribution in [0.25, 0.3) is 0 Å². The summed E-state index contributed by atoms with van der Waals surface area (Å²) < 4.78 is 38.6. The number of nitrogens with one attached hydrogen (secondary N) is 1. The van der Waals surface area contributed by atoms with Crippen LogP contribution in [-0.2, 0) is 6.18 Å². The Morgan fingerprint density at radius 3 is 2.50 bits per heavy atom. The topological polar surface area (TPSA) is 58.1 Å². The number of para-hydroxylation sites is 1. The number of hydrogen-bond donors (Lipinski definition) is 1. The van der Waals surface area contributed by atoms with Crippen molar-refractivity contribution in [1.29, 1.82) is 0 Å². The minimum absolute atomic E-state index is 0.0364. The number of hydrogen-bond acceptors (Lipinski definition) is 4. The number of carbonyl (C=O) groups excluding carboxylic acids is 1. The van der Waals surface area contributed by atoms with Crippen molar-refractivity contribution in [1.82, 2.24) is 9.97 Å². The fourth-order valence-electron chi connectivity index (χ4n) is 2.63. The first-order valence-corrected chi connectivity index (χ1v) is 8.52. The molecular weight excluding hydrogens is 369 g/mol. The summed E-state index contributed by atoms with van der Waals surface area (Å²) in [6.45, 7) is 2.27. The van der Waals surface area contributed by atoms with E-state index in [-0.39, 0.29) is 23.2 Å². The van der Waals surface area contributed by atoms with Crippen LogP contribution in [0.1, 0.15) is 23.0 Å². The quantitative estimate of drug-likeness (QED) is 0.677. The van der Waals surface area contributed by atoms with E-state index < -0.39 is 11.7 Å². The summed E-state index contributed by atoms with van der Waals surface area (Å²) in [5, 5.41) is 2.72. The molecule has 0 saturated heterocycles. The second-order valence-electron chi connectivity index (χ2n) is 5.85. The van der Waals surface area contributed by atoms with Gasteiger partial charge in [0.05, 0.1) is 5.56 Å². The molecule has 1 N–H and O–H groups in total. The van der Waals surface area contributed by atoms with Crippen molar-refractivity contribution >= 4 is 23.2 Å². The normalized spacial score (nSPS) is 11.1. The van der Waals surface area contributed by atoms with Gasteiger partial charge in [-0.2, -0.15) is 13.2 Å². The maximum Gasteiger partial charge on any atom is 0.416 e. The van der Waals surface area contributed by atoms with Crippen LogP contribution in [-0.4, -0.2) is 22.4 Å². The number of alkyl halides is 3. The van der Waals surface area contributed by atoms with Crippen molar-refractivity contribution in [2.45, 2.75) is 13.1 Å². The van der Waals surface area contributed by atoms with Crippen molar-refractivity contribution < 1.29 is 18.0 Å². The summed E-state index contributed by atoms with van der Waals surface area (Å²) in [5.41, 5.74) is 0.247. The molecule has 0 atom stereocenters. The number of carbonyl (C=O) groups is 1. The van der Waals surface area contributed by atoms with Gasteiger partial charge < -0.3 is 10.2 Å². The van der Waals surface area contributed by atoms with Crippen LogP contribution < -0.4 is 10.2 Å². The molecule has 1 aromatic heterocycles. The Hall–Kier alpha value is -3.42. The zero-order chi connectivity index (χ0) is 20.1. The maximum atomic E-state index is 12.9. The van der Waals surface area contributed by atoms with Gasteiger partial charge >= 0.3 is 6.18 Å². The molecule has 1 heterocycles. The average molecular weight is 386 g/mol. The van der Waals surface area contributed by atoms with E-state index in [4.69, 9.17) is 0 Å². The van der Waals surface area contributed by atoms with E-state index in [9.17, 15) is 18.0 Å². The Morgan fingerprint density at radius 2 is 1.82 bits per heavy atom. The third kappa shape index (κ3) is 4.46. The van der Waals surface area contributed by atoms with Gasteiger partial charge in [0, 0.05) is 24.1 Å². The van der Waals surface area contributed by atoms with Gasteiger partial charge in [-0.1, -0.05) is 24.3 Å². The van der Waals surface area contributed by atoms with Crippen LogP contribution in [0.3, 0.4) is 0 Å². The molecule has 0 aliphatic heterocycles. The monoisotopic (exact) mass is 386 g/mol. The first-order valence-electron chi connectivity index (χ1n) is 8.52. The molecule has 0 fully saturated rings. The Kier molecular flexibility index (Phi) is 5.58. The minimum atomic E-state index is -4.45. The smallest absolute Gasteiger partial charge is 0.324 e. The third-order valence-electron chi connectivity index (χ3n) is 3.95. The van der Waals surface area contributed by atoms with Crippen molar-refractivity contribution in [3.63, 3.8) is 0 Å². The molecule has 0 unspecified atom stereocenters. The molecule has 8 heteroatoms. The Balaban J connectivity index is 1.83. The number of aromatic nitrogens is 2. The highest BCUT2D eigenvalue weighted by atomic mass is 19.4. The van der Waals surface area contributed by atoms with Gasteiger partial charge in [0.15, 0.2) is 0 Å². The predicted molar refractivity (Wildman–Crippen MR) is 101 cm³/mol. The number of benzene rings is 2. The minimum Gasteiger partial charge on any atom is -0.324 e. The zero-order valence-electron chi connectivity index (χ0n) is 14.9. The fraction of sp³-hybridized carbons (Fsp3) is 0.150. The molecule has 0 saturated carbocycles. The number of halogens is 3. The van der Waals surface area contributed by atoms with E-state index in [2.05, 4.69) is 15.3 Å². The van der Waals surface area contributed by atoms with Gasteiger partial charge in [-0.3, -0.25) is 4.79 Å². The summed E-state index contributed by atoms with van der Waals surface area (Å²) in [4.78, 5) is 22.5. The molecule has 0 bridgehead atoms. The number of rotatable bonds is 5. The van der Waals surface area contributed by atoms with Crippen molar-refractivity contribution in [3.05, 3.63) is 78.1 Å². The van der Waals surface area contributed by atoms with E-state index in [0.29, 0.717) is 6.54 Å². The highest BCUT2D eigenvalue weighted by Crippen LogP contribution is 2.31. The summed E-state index contributed by atoms with van der Waals surface area (Å²) in [5.74, 6) is -0.294. The molecule has 0 radical (unpaired) electrons. The average Bonchev–Trinajstić information content (AvgIpc) is 2.69. The van der Waals surface area contributed by atoms with Crippen LogP contribution in [0, 0.1) is 0 Å². The summed E-state index contributed by atoms with van der Waals surface area (Å²) in [7, 11) is 0. The van der Waals surface area contributed by atoms with Crippen molar-refractivity contribution in [2.24, 2.45) is 0 Å². The van der Waals surface area contributed by atoms with E-state index in [1.54, 1.807) is 4.90 Å². The summed E-state index contributed by atoms with van der Waals surface area (Å²) >= 11 is 0. The van der Waals surface area contributed by atoms with Crippen molar-refractivity contribution in [3.8, 4) is 0 Å². The molecule has 144 valence electrons. The first kappa shape index (κ1) is 19.3. The Labute approximate surface area is 159 Å². The zero-order valence-corrected chi connectivity index (χ0v) is 14.9. The lowest BCUT2D eigenvalue weighted by molar-refractivity contribution is -0.137. The lowest BCUT2D eigenvalue weighted by atomic mass is 10.2. The maximum absolute atomic E-state index is 12.9. The Bertz CT molecular complexity index is 961. The number of amides is 1. The van der Waals surface area contributed by atoms with Gasteiger partial charge in [-0.25, -0.2) is 9.97 Å². The molecule has 0 aliphatic carbocycles. The highest BCUT2D eigenvalue weighted by Gasteiger charge is 2.30. The lowest BCUT2D eigenvalue weighted by Crippen LogP contribution is -2.31. The number of nitrogens with zero attached hydrogens (tertiary/aromatic N) is 3. The molecule has 0 spiro atoms. The van der Waals surface area contributed by atoms with E-state index in [1.807, 2.05) is 37.3 Å². The largest absolute Gasteiger partial charge is 0.416 e. The van der Waals surface area contributed by atoms with Crippen molar-refractivity contribution in [2.75, 3.05) is 16.8 Å². The predicted octanol–water partition coefficient (Wildman–Crippen LogP) is 4.91. The highest BCUT2D eigenvalue weighted by molar-refractivity contribution is 6.04. The van der Waals surface area contributed by atoms with Crippen LogP contribution in [0.4, 0.5) is 30.5 Å². The van der Waals surface area contributed by atoms with Gasteiger partial charge in [0.2, 0.25) is 5.95 Å². The second kappa shape index (κ2) is 8.08. The standard InChI is InChI=1S/C20H17F3N4O/c1-2-27(16-9-4-3-5-10-16)18(28)17-11-12-24-19(26-17)25-15-8-6-7-14(13-15)20(21,22)23/h3-13H,2H2,1H3,(H,24,25,26).